The van der Waals surface area contributed by atoms with Gasteiger partial charge in [-0.1, -0.05) is 48.5 Å². The van der Waals surface area contributed by atoms with Crippen molar-refractivity contribution in [1.29, 1.82) is 5.26 Å². The van der Waals surface area contributed by atoms with E-state index < -0.39 is 10.8 Å². The van der Waals surface area contributed by atoms with E-state index in [0.717, 1.165) is 16.3 Å². The van der Waals surface area contributed by atoms with Crippen LogP contribution in [0.5, 0.6) is 11.5 Å². The quantitative estimate of drug-likeness (QED) is 0.106. The number of carbonyl (C=O) groups is 1. The summed E-state index contributed by atoms with van der Waals surface area (Å²) in [5.74, 6) is 0.0966. The maximum Gasteiger partial charge on any atom is 0.293 e. The molecule has 4 aromatic carbocycles. The Labute approximate surface area is 227 Å². The first-order valence-corrected chi connectivity index (χ1v) is 12.2. The number of hydrogen-bond acceptors (Lipinski definition) is 6. The van der Waals surface area contributed by atoms with Crippen molar-refractivity contribution in [3.8, 4) is 17.6 Å². The molecule has 4 rings (SSSR count). The summed E-state index contributed by atoms with van der Waals surface area (Å²) in [6.45, 7) is 2.01. The van der Waals surface area contributed by atoms with Crippen molar-refractivity contribution in [2.75, 3.05) is 12.4 Å². The van der Waals surface area contributed by atoms with Crippen LogP contribution in [0.15, 0.2) is 82.8 Å². The van der Waals surface area contributed by atoms with Crippen molar-refractivity contribution in [3.05, 3.63) is 110 Å². The van der Waals surface area contributed by atoms with Crippen LogP contribution in [0.4, 0.5) is 11.4 Å². The topological polar surface area (TPSA) is 114 Å². The maximum absolute atomic E-state index is 12.8. The number of nitro groups is 1. The van der Waals surface area contributed by atoms with Gasteiger partial charge in [-0.05, 0) is 74.6 Å². The molecule has 0 heterocycles. The number of carbonyl (C=O) groups excluding carboxylic acids is 1. The number of amides is 1. The molecule has 0 saturated carbocycles. The van der Waals surface area contributed by atoms with Crippen molar-refractivity contribution in [2.45, 2.75) is 13.5 Å². The molecule has 190 valence electrons. The molecule has 0 bridgehead atoms. The van der Waals surface area contributed by atoms with Crippen LogP contribution < -0.4 is 14.8 Å². The zero-order chi connectivity index (χ0) is 27.2. The van der Waals surface area contributed by atoms with Crippen LogP contribution in [-0.4, -0.2) is 17.9 Å². The van der Waals surface area contributed by atoms with E-state index in [1.807, 2.05) is 48.5 Å². The van der Waals surface area contributed by atoms with E-state index in [9.17, 15) is 20.2 Å². The first-order chi connectivity index (χ1) is 18.3. The Morgan fingerprint density at radius 2 is 1.89 bits per heavy atom. The lowest BCUT2D eigenvalue weighted by atomic mass is 10.1. The predicted octanol–water partition coefficient (Wildman–Crippen LogP) is 6.95. The lowest BCUT2D eigenvalue weighted by molar-refractivity contribution is -0.384. The summed E-state index contributed by atoms with van der Waals surface area (Å²) in [6, 6.07) is 23.7. The van der Waals surface area contributed by atoms with E-state index >= 15 is 0 Å². The van der Waals surface area contributed by atoms with E-state index in [-0.39, 0.29) is 16.9 Å². The van der Waals surface area contributed by atoms with Gasteiger partial charge >= 0.3 is 0 Å². The molecule has 0 unspecified atom stereocenters. The number of nitrogens with one attached hydrogen (secondary N) is 1. The monoisotopic (exact) mass is 571 g/mol. The first-order valence-electron chi connectivity index (χ1n) is 11.5. The fourth-order valence-corrected chi connectivity index (χ4v) is 4.51. The molecular weight excluding hydrogens is 550 g/mol. The van der Waals surface area contributed by atoms with Gasteiger partial charge in [0.1, 0.15) is 23.9 Å². The molecule has 38 heavy (non-hydrogen) atoms. The number of nitriles is 1. The highest BCUT2D eigenvalue weighted by molar-refractivity contribution is 9.10. The van der Waals surface area contributed by atoms with Crippen molar-refractivity contribution >= 4 is 50.1 Å². The Hall–Kier alpha value is -4.68. The Kier molecular flexibility index (Phi) is 8.04. The molecular formula is C29H22BrN3O5. The number of anilines is 1. The molecule has 0 aliphatic rings. The number of halogens is 1. The zero-order valence-electron chi connectivity index (χ0n) is 20.5. The summed E-state index contributed by atoms with van der Waals surface area (Å²) in [7, 11) is 1.49. The highest BCUT2D eigenvalue weighted by Crippen LogP contribution is 2.38. The first kappa shape index (κ1) is 26.4. The third-order valence-electron chi connectivity index (χ3n) is 5.78. The van der Waals surface area contributed by atoms with E-state index in [4.69, 9.17) is 9.47 Å². The molecule has 1 N–H and O–H groups in total. The van der Waals surface area contributed by atoms with Gasteiger partial charge in [-0.2, -0.15) is 5.26 Å². The fourth-order valence-electron chi connectivity index (χ4n) is 3.93. The number of nitro benzene ring substituents is 1. The molecule has 0 aliphatic carbocycles. The van der Waals surface area contributed by atoms with E-state index in [2.05, 4.69) is 21.2 Å². The van der Waals surface area contributed by atoms with Crippen LogP contribution in [0.1, 0.15) is 16.7 Å². The van der Waals surface area contributed by atoms with Crippen LogP contribution in [0, 0.1) is 28.4 Å². The highest BCUT2D eigenvalue weighted by Gasteiger charge is 2.19. The smallest absolute Gasteiger partial charge is 0.293 e. The second-order valence-corrected chi connectivity index (χ2v) is 9.22. The second-order valence-electron chi connectivity index (χ2n) is 8.36. The summed E-state index contributed by atoms with van der Waals surface area (Å²) in [5.41, 5.74) is 1.69. The van der Waals surface area contributed by atoms with Crippen LogP contribution in [0.2, 0.25) is 0 Å². The van der Waals surface area contributed by atoms with Gasteiger partial charge in [-0.15, -0.1) is 0 Å². The minimum Gasteiger partial charge on any atom is -0.493 e. The lowest BCUT2D eigenvalue weighted by Gasteiger charge is -2.15. The Morgan fingerprint density at radius 3 is 2.63 bits per heavy atom. The molecule has 0 fully saturated rings. The largest absolute Gasteiger partial charge is 0.493 e. The number of benzene rings is 4. The standard InChI is InChI=1S/C29H22BrN3O5/c1-18-10-11-25(26(12-18)33(35)36)32-29(34)22(16-31)13-19-14-24(30)28(27(15-19)37-2)38-17-21-8-5-7-20-6-3-4-9-23(20)21/h3-15H,17H2,1-2H3,(H,32,34)/b22-13+. The van der Waals surface area contributed by atoms with Crippen molar-refractivity contribution in [1.82, 2.24) is 0 Å². The third kappa shape index (κ3) is 5.82. The number of rotatable bonds is 8. The molecule has 0 aliphatic heterocycles. The molecule has 0 atom stereocenters. The summed E-state index contributed by atoms with van der Waals surface area (Å²) in [6.07, 6.45) is 1.37. The van der Waals surface area contributed by atoms with Gasteiger partial charge < -0.3 is 14.8 Å². The summed E-state index contributed by atoms with van der Waals surface area (Å²) in [4.78, 5) is 23.6. The molecule has 1 amide bonds. The molecule has 0 aromatic heterocycles. The van der Waals surface area contributed by atoms with Crippen LogP contribution in [0.25, 0.3) is 16.8 Å². The van der Waals surface area contributed by atoms with E-state index in [1.54, 1.807) is 25.1 Å². The van der Waals surface area contributed by atoms with E-state index in [0.29, 0.717) is 33.7 Å². The Bertz CT molecular complexity index is 1620. The molecule has 0 radical (unpaired) electrons. The van der Waals surface area contributed by atoms with Gasteiger partial charge in [0.15, 0.2) is 11.5 Å². The molecule has 0 saturated heterocycles. The van der Waals surface area contributed by atoms with Crippen LogP contribution in [0.3, 0.4) is 0 Å². The van der Waals surface area contributed by atoms with Gasteiger partial charge in [0.25, 0.3) is 11.6 Å². The van der Waals surface area contributed by atoms with Crippen LogP contribution in [-0.2, 0) is 11.4 Å². The van der Waals surface area contributed by atoms with Gasteiger partial charge in [0.2, 0.25) is 0 Å². The average molecular weight is 572 g/mol. The zero-order valence-corrected chi connectivity index (χ0v) is 22.1. The number of methoxy groups -OCH3 is 1. The van der Waals surface area contributed by atoms with Crippen molar-refractivity contribution in [2.24, 2.45) is 0 Å². The summed E-state index contributed by atoms with van der Waals surface area (Å²) >= 11 is 3.50. The summed E-state index contributed by atoms with van der Waals surface area (Å²) in [5, 5.41) is 25.7. The van der Waals surface area contributed by atoms with Gasteiger partial charge in [0.05, 0.1) is 16.5 Å². The minimum absolute atomic E-state index is 0.00250. The van der Waals surface area contributed by atoms with Gasteiger partial charge in [0, 0.05) is 6.07 Å². The fraction of sp³-hybridized carbons (Fsp3) is 0.103. The average Bonchev–Trinajstić information content (AvgIpc) is 2.91. The molecule has 4 aromatic rings. The van der Waals surface area contributed by atoms with Crippen molar-refractivity contribution < 1.29 is 19.2 Å². The number of hydrogen-bond donors (Lipinski definition) is 1. The summed E-state index contributed by atoms with van der Waals surface area (Å²) < 4.78 is 12.2. The lowest BCUT2D eigenvalue weighted by Crippen LogP contribution is -2.14. The van der Waals surface area contributed by atoms with Gasteiger partial charge in [-0.3, -0.25) is 14.9 Å². The van der Waals surface area contributed by atoms with Crippen molar-refractivity contribution in [3.63, 3.8) is 0 Å². The second kappa shape index (κ2) is 11.6. The highest BCUT2D eigenvalue weighted by atomic mass is 79.9. The Morgan fingerprint density at radius 1 is 1.13 bits per heavy atom. The van der Waals surface area contributed by atoms with Crippen LogP contribution >= 0.6 is 15.9 Å². The SMILES string of the molecule is COc1cc(/C=C(\C#N)C(=O)Nc2ccc(C)cc2[N+](=O)[O-])cc(Br)c1OCc1cccc2ccccc12. The molecule has 8 nitrogen and oxygen atoms in total. The number of fused-ring (bicyclic) bond motifs is 1. The third-order valence-corrected chi connectivity index (χ3v) is 6.37. The normalized spacial score (nSPS) is 11.1. The Balaban J connectivity index is 1.58. The van der Waals surface area contributed by atoms with E-state index in [1.165, 1.54) is 25.3 Å². The number of ether oxygens (including phenoxy) is 2. The van der Waals surface area contributed by atoms with Gasteiger partial charge in [-0.25, -0.2) is 0 Å². The molecule has 0 spiro atoms. The molecule has 9 heteroatoms. The number of aryl methyl sites for hydroxylation is 1. The minimum atomic E-state index is -0.772. The maximum atomic E-state index is 12.8. The predicted molar refractivity (Wildman–Crippen MR) is 149 cm³/mol. The number of nitrogens with zero attached hydrogens (tertiary/aromatic N) is 2.